The molecule has 1 N–H and O–H groups in total. The lowest BCUT2D eigenvalue weighted by atomic mass is 10.2. The van der Waals surface area contributed by atoms with Gasteiger partial charge in [-0.3, -0.25) is 10.1 Å². The summed E-state index contributed by atoms with van der Waals surface area (Å²) in [6, 6.07) is 4.09. The maximum atomic E-state index is 11.0. The molecular formula is C11H9ClN4O4. The first-order chi connectivity index (χ1) is 9.45. The second kappa shape index (κ2) is 5.25. The van der Waals surface area contributed by atoms with Gasteiger partial charge in [-0.1, -0.05) is 23.7 Å². The average molecular weight is 297 g/mol. The lowest BCUT2D eigenvalue weighted by molar-refractivity contribution is -0.384. The number of halogens is 1. The molecule has 2 aromatic rings. The number of nitrogens with zero attached hydrogens (tertiary/aromatic N) is 4. The number of benzene rings is 1. The molecule has 0 aliphatic rings. The van der Waals surface area contributed by atoms with E-state index in [4.69, 9.17) is 16.7 Å². The fraction of sp³-hybridized carbons (Fsp3) is 0.182. The van der Waals surface area contributed by atoms with Gasteiger partial charge in [0.05, 0.1) is 16.3 Å². The summed E-state index contributed by atoms with van der Waals surface area (Å²) in [5.41, 5.74) is 0.232. The Balaban J connectivity index is 2.60. The van der Waals surface area contributed by atoms with Crippen LogP contribution in [0.4, 0.5) is 5.69 Å². The Morgan fingerprint density at radius 2 is 2.25 bits per heavy atom. The van der Waals surface area contributed by atoms with Crippen LogP contribution in [0.3, 0.4) is 0 Å². The molecule has 0 aliphatic carbocycles. The zero-order valence-electron chi connectivity index (χ0n) is 10.3. The zero-order chi connectivity index (χ0) is 14.9. The number of carboxylic acid groups (broad SMARTS) is 1. The molecule has 0 unspecified atom stereocenters. The maximum Gasteiger partial charge on any atom is 0.358 e. The molecular weight excluding hydrogens is 288 g/mol. The van der Waals surface area contributed by atoms with Crippen LogP contribution < -0.4 is 0 Å². The third-order valence-corrected chi connectivity index (χ3v) is 2.99. The number of aromatic carboxylic acids is 1. The fourth-order valence-corrected chi connectivity index (χ4v) is 1.95. The molecule has 0 amide bonds. The van der Waals surface area contributed by atoms with Gasteiger partial charge in [0.2, 0.25) is 0 Å². The van der Waals surface area contributed by atoms with Gasteiger partial charge in [-0.2, -0.15) is 0 Å². The van der Waals surface area contributed by atoms with E-state index in [1.54, 1.807) is 6.92 Å². The average Bonchev–Trinajstić information content (AvgIpc) is 2.82. The van der Waals surface area contributed by atoms with Gasteiger partial charge < -0.3 is 5.11 Å². The second-order valence-corrected chi connectivity index (χ2v) is 4.26. The predicted molar refractivity (Wildman–Crippen MR) is 69.4 cm³/mol. The minimum Gasteiger partial charge on any atom is -0.476 e. The predicted octanol–water partition coefficient (Wildman–Crippen LogP) is 2.09. The van der Waals surface area contributed by atoms with E-state index in [1.807, 2.05) is 0 Å². The van der Waals surface area contributed by atoms with Crippen molar-refractivity contribution in [2.24, 2.45) is 0 Å². The highest BCUT2D eigenvalue weighted by Crippen LogP contribution is 2.27. The van der Waals surface area contributed by atoms with Gasteiger partial charge in [0.1, 0.15) is 5.02 Å². The highest BCUT2D eigenvalue weighted by molar-refractivity contribution is 6.32. The molecule has 0 radical (unpaired) electrons. The van der Waals surface area contributed by atoms with E-state index >= 15 is 0 Å². The van der Waals surface area contributed by atoms with Gasteiger partial charge >= 0.3 is 5.97 Å². The number of nitro benzene ring substituents is 1. The Morgan fingerprint density at radius 3 is 2.80 bits per heavy atom. The molecule has 104 valence electrons. The molecule has 20 heavy (non-hydrogen) atoms. The van der Waals surface area contributed by atoms with Crippen molar-refractivity contribution in [1.29, 1.82) is 0 Å². The number of nitro groups is 1. The van der Waals surface area contributed by atoms with Crippen LogP contribution in [-0.4, -0.2) is 31.0 Å². The van der Waals surface area contributed by atoms with E-state index < -0.39 is 10.9 Å². The van der Waals surface area contributed by atoms with Gasteiger partial charge in [-0.15, -0.1) is 5.10 Å². The number of hydrogen-bond acceptors (Lipinski definition) is 5. The summed E-state index contributed by atoms with van der Waals surface area (Å²) < 4.78 is 1.26. The summed E-state index contributed by atoms with van der Waals surface area (Å²) in [4.78, 5) is 21.2. The topological polar surface area (TPSA) is 111 Å². The van der Waals surface area contributed by atoms with Crippen molar-refractivity contribution in [1.82, 2.24) is 15.0 Å². The normalized spacial score (nSPS) is 10.5. The van der Waals surface area contributed by atoms with Crippen LogP contribution in [0.25, 0.3) is 5.69 Å². The van der Waals surface area contributed by atoms with E-state index in [-0.39, 0.29) is 16.4 Å². The van der Waals surface area contributed by atoms with Crippen LogP contribution in [0.5, 0.6) is 0 Å². The summed E-state index contributed by atoms with van der Waals surface area (Å²) in [6.45, 7) is 1.74. The minimum atomic E-state index is -1.20. The Bertz CT molecular complexity index is 698. The minimum absolute atomic E-state index is 0.00429. The van der Waals surface area contributed by atoms with Crippen LogP contribution in [0.15, 0.2) is 18.2 Å². The molecule has 9 heteroatoms. The molecule has 2 rings (SSSR count). The van der Waals surface area contributed by atoms with Crippen LogP contribution >= 0.6 is 11.6 Å². The van der Waals surface area contributed by atoms with E-state index in [9.17, 15) is 14.9 Å². The molecule has 0 saturated carbocycles. The molecule has 0 aliphatic heterocycles. The Labute approximate surface area is 117 Å². The number of rotatable bonds is 4. The van der Waals surface area contributed by atoms with Crippen molar-refractivity contribution >= 4 is 23.3 Å². The number of hydrogen-bond donors (Lipinski definition) is 1. The summed E-state index contributed by atoms with van der Waals surface area (Å²) in [5, 5.41) is 27.1. The van der Waals surface area contributed by atoms with E-state index in [1.165, 1.54) is 22.9 Å². The lowest BCUT2D eigenvalue weighted by Gasteiger charge is -2.05. The van der Waals surface area contributed by atoms with Gasteiger partial charge in [-0.05, 0) is 18.6 Å². The van der Waals surface area contributed by atoms with Crippen molar-refractivity contribution in [2.75, 3.05) is 0 Å². The van der Waals surface area contributed by atoms with Gasteiger partial charge in [0.25, 0.3) is 5.69 Å². The molecule has 0 saturated heterocycles. The number of carbonyl (C=O) groups is 1. The first kappa shape index (κ1) is 13.9. The van der Waals surface area contributed by atoms with Crippen LogP contribution in [0, 0.1) is 10.1 Å². The van der Waals surface area contributed by atoms with Crippen LogP contribution in [-0.2, 0) is 6.42 Å². The van der Waals surface area contributed by atoms with Crippen LogP contribution in [0.1, 0.15) is 23.1 Å². The SMILES string of the molecule is CCc1c(C(=O)O)nnn1-c1ccc(Cl)c([N+](=O)[O-])c1. The zero-order valence-corrected chi connectivity index (χ0v) is 11.0. The first-order valence-corrected chi connectivity index (χ1v) is 5.95. The lowest BCUT2D eigenvalue weighted by Crippen LogP contribution is -2.06. The Morgan fingerprint density at radius 1 is 1.55 bits per heavy atom. The van der Waals surface area contributed by atoms with Gasteiger partial charge in [0, 0.05) is 6.07 Å². The van der Waals surface area contributed by atoms with E-state index in [0.717, 1.165) is 0 Å². The molecule has 0 atom stereocenters. The molecule has 0 fully saturated rings. The molecule has 1 aromatic heterocycles. The second-order valence-electron chi connectivity index (χ2n) is 3.85. The maximum absolute atomic E-state index is 11.0. The highest BCUT2D eigenvalue weighted by atomic mass is 35.5. The highest BCUT2D eigenvalue weighted by Gasteiger charge is 2.20. The van der Waals surface area contributed by atoms with Crippen molar-refractivity contribution in [3.63, 3.8) is 0 Å². The standard InChI is InChI=1S/C11H9ClN4O4/c1-2-8-10(11(17)18)13-14-15(8)6-3-4-7(12)9(5-6)16(19)20/h3-5H,2H2,1H3,(H,17,18). The van der Waals surface area contributed by atoms with Crippen molar-refractivity contribution in [3.8, 4) is 5.69 Å². The third kappa shape index (κ3) is 2.32. The smallest absolute Gasteiger partial charge is 0.358 e. The molecule has 0 spiro atoms. The molecule has 1 heterocycles. The number of carboxylic acids is 1. The largest absolute Gasteiger partial charge is 0.476 e. The number of aromatic nitrogens is 3. The summed E-state index contributed by atoms with van der Waals surface area (Å²) in [7, 11) is 0. The van der Waals surface area contributed by atoms with E-state index in [2.05, 4.69) is 10.3 Å². The van der Waals surface area contributed by atoms with Crippen molar-refractivity contribution < 1.29 is 14.8 Å². The first-order valence-electron chi connectivity index (χ1n) is 5.57. The molecule has 0 bridgehead atoms. The molecule has 1 aromatic carbocycles. The van der Waals surface area contributed by atoms with Crippen LogP contribution in [0.2, 0.25) is 5.02 Å². The fourth-order valence-electron chi connectivity index (χ4n) is 1.77. The Kier molecular flexibility index (Phi) is 3.66. The molecule has 8 nitrogen and oxygen atoms in total. The van der Waals surface area contributed by atoms with Gasteiger partial charge in [0.15, 0.2) is 5.69 Å². The monoisotopic (exact) mass is 296 g/mol. The van der Waals surface area contributed by atoms with E-state index in [0.29, 0.717) is 17.8 Å². The summed E-state index contributed by atoms with van der Waals surface area (Å²) >= 11 is 5.73. The summed E-state index contributed by atoms with van der Waals surface area (Å²) in [6.07, 6.45) is 0.366. The third-order valence-electron chi connectivity index (χ3n) is 2.67. The summed E-state index contributed by atoms with van der Waals surface area (Å²) in [5.74, 6) is -1.20. The van der Waals surface area contributed by atoms with Crippen molar-refractivity contribution in [2.45, 2.75) is 13.3 Å². The van der Waals surface area contributed by atoms with Crippen molar-refractivity contribution in [3.05, 3.63) is 44.7 Å². The Hall–Kier alpha value is -2.48. The quantitative estimate of drug-likeness (QED) is 0.683. The van der Waals surface area contributed by atoms with Gasteiger partial charge in [-0.25, -0.2) is 9.48 Å².